The summed E-state index contributed by atoms with van der Waals surface area (Å²) in [5.74, 6) is -0.322. The lowest BCUT2D eigenvalue weighted by molar-refractivity contribution is -0.178. The van der Waals surface area contributed by atoms with Crippen molar-refractivity contribution in [3.05, 3.63) is 17.5 Å². The average Bonchev–Trinajstić information content (AvgIpc) is 3.35. The summed E-state index contributed by atoms with van der Waals surface area (Å²) >= 11 is 0. The number of hydrogen-bond donors (Lipinski definition) is 1. The molecule has 1 atom stereocenters. The van der Waals surface area contributed by atoms with Gasteiger partial charge in [0.1, 0.15) is 5.69 Å². The molecule has 1 N–H and O–H groups in total. The topological polar surface area (TPSA) is 73.4 Å². The molecule has 1 aromatic rings. The Bertz CT molecular complexity index is 613. The molecule has 3 fully saturated rings. The number of aromatic amines is 1. The zero-order chi connectivity index (χ0) is 17.3. The SMILES string of the molecule is CCOC(=O)c1cc(C23CCC(COC4CCCCO4)(CC2)C3)n[nH]1. The van der Waals surface area contributed by atoms with E-state index in [1.54, 1.807) is 0 Å². The summed E-state index contributed by atoms with van der Waals surface area (Å²) in [6, 6.07) is 1.89. The van der Waals surface area contributed by atoms with Crippen LogP contribution in [0.5, 0.6) is 0 Å². The predicted molar refractivity (Wildman–Crippen MR) is 91.3 cm³/mol. The minimum absolute atomic E-state index is 0.0143. The largest absolute Gasteiger partial charge is 0.461 e. The van der Waals surface area contributed by atoms with Gasteiger partial charge in [0, 0.05) is 12.0 Å². The Kier molecular flexibility index (Phi) is 4.58. The highest BCUT2D eigenvalue weighted by atomic mass is 16.7. The van der Waals surface area contributed by atoms with E-state index in [0.29, 0.717) is 12.3 Å². The van der Waals surface area contributed by atoms with Crippen molar-refractivity contribution in [2.24, 2.45) is 5.41 Å². The third-order valence-electron chi connectivity index (χ3n) is 6.31. The van der Waals surface area contributed by atoms with Gasteiger partial charge in [-0.05, 0) is 69.8 Å². The van der Waals surface area contributed by atoms with E-state index in [2.05, 4.69) is 10.2 Å². The van der Waals surface area contributed by atoms with E-state index in [-0.39, 0.29) is 23.1 Å². The predicted octanol–water partition coefficient (Wildman–Crippen LogP) is 3.33. The van der Waals surface area contributed by atoms with Crippen LogP contribution in [0, 0.1) is 5.41 Å². The lowest BCUT2D eigenvalue weighted by atomic mass is 9.80. The van der Waals surface area contributed by atoms with E-state index in [4.69, 9.17) is 14.2 Å². The molecule has 4 rings (SSSR count). The molecule has 0 radical (unpaired) electrons. The fourth-order valence-electron chi connectivity index (χ4n) is 4.89. The minimum atomic E-state index is -0.322. The van der Waals surface area contributed by atoms with Crippen LogP contribution in [0.15, 0.2) is 6.07 Å². The summed E-state index contributed by atoms with van der Waals surface area (Å²) in [7, 11) is 0. The maximum atomic E-state index is 11.9. The van der Waals surface area contributed by atoms with Crippen LogP contribution in [0.1, 0.15) is 74.5 Å². The molecule has 1 unspecified atom stereocenters. The molecule has 6 heteroatoms. The summed E-state index contributed by atoms with van der Waals surface area (Å²) in [6.45, 7) is 3.80. The quantitative estimate of drug-likeness (QED) is 0.798. The van der Waals surface area contributed by atoms with E-state index in [1.165, 1.54) is 19.3 Å². The number of H-pyrrole nitrogens is 1. The van der Waals surface area contributed by atoms with Crippen molar-refractivity contribution in [2.75, 3.05) is 19.8 Å². The van der Waals surface area contributed by atoms with E-state index in [1.807, 2.05) is 13.0 Å². The number of hydrogen-bond acceptors (Lipinski definition) is 5. The van der Waals surface area contributed by atoms with E-state index in [9.17, 15) is 4.79 Å². The third kappa shape index (κ3) is 3.22. The van der Waals surface area contributed by atoms with Gasteiger partial charge in [0.05, 0.1) is 18.9 Å². The number of aromatic nitrogens is 2. The zero-order valence-corrected chi connectivity index (χ0v) is 15.0. The fraction of sp³-hybridized carbons (Fsp3) is 0.789. The number of ether oxygens (including phenoxy) is 3. The highest BCUT2D eigenvalue weighted by molar-refractivity contribution is 5.87. The molecule has 2 aliphatic carbocycles. The summed E-state index contributed by atoms with van der Waals surface area (Å²) in [5.41, 5.74) is 1.83. The number of fused-ring (bicyclic) bond motifs is 2. The molecule has 1 saturated heterocycles. The second kappa shape index (κ2) is 6.72. The van der Waals surface area contributed by atoms with E-state index in [0.717, 1.165) is 51.0 Å². The Morgan fingerprint density at radius 1 is 1.36 bits per heavy atom. The molecular formula is C19H28N2O4. The van der Waals surface area contributed by atoms with Crippen LogP contribution in [0.3, 0.4) is 0 Å². The van der Waals surface area contributed by atoms with Gasteiger partial charge >= 0.3 is 5.97 Å². The second-order valence-electron chi connectivity index (χ2n) is 7.95. The molecule has 0 spiro atoms. The van der Waals surface area contributed by atoms with Crippen molar-refractivity contribution >= 4 is 5.97 Å². The van der Waals surface area contributed by atoms with Crippen LogP contribution < -0.4 is 0 Å². The molecule has 2 saturated carbocycles. The fourth-order valence-corrected chi connectivity index (χ4v) is 4.89. The van der Waals surface area contributed by atoms with Crippen molar-refractivity contribution in [2.45, 2.75) is 70.0 Å². The molecule has 0 amide bonds. The number of esters is 1. The van der Waals surface area contributed by atoms with Gasteiger partial charge in [-0.15, -0.1) is 0 Å². The van der Waals surface area contributed by atoms with Crippen molar-refractivity contribution in [1.82, 2.24) is 10.2 Å². The number of nitrogens with zero attached hydrogens (tertiary/aromatic N) is 1. The van der Waals surface area contributed by atoms with Gasteiger partial charge in [-0.2, -0.15) is 5.10 Å². The van der Waals surface area contributed by atoms with Crippen LogP contribution >= 0.6 is 0 Å². The van der Waals surface area contributed by atoms with Crippen LogP contribution in [0.4, 0.5) is 0 Å². The number of rotatable bonds is 6. The normalized spacial score (nSPS) is 34.4. The third-order valence-corrected chi connectivity index (χ3v) is 6.31. The van der Waals surface area contributed by atoms with Gasteiger partial charge in [0.2, 0.25) is 0 Å². The zero-order valence-electron chi connectivity index (χ0n) is 15.0. The summed E-state index contributed by atoms with van der Waals surface area (Å²) < 4.78 is 16.9. The Morgan fingerprint density at radius 3 is 2.92 bits per heavy atom. The van der Waals surface area contributed by atoms with Gasteiger partial charge in [-0.25, -0.2) is 4.79 Å². The smallest absolute Gasteiger partial charge is 0.356 e. The Labute approximate surface area is 148 Å². The summed E-state index contributed by atoms with van der Waals surface area (Å²) in [4.78, 5) is 11.9. The average molecular weight is 348 g/mol. The van der Waals surface area contributed by atoms with Gasteiger partial charge in [0.15, 0.2) is 6.29 Å². The number of nitrogens with one attached hydrogen (secondary N) is 1. The molecule has 0 aromatic carbocycles. The van der Waals surface area contributed by atoms with E-state index < -0.39 is 0 Å². The molecule has 3 aliphatic rings. The lowest BCUT2D eigenvalue weighted by Crippen LogP contribution is -2.29. The van der Waals surface area contributed by atoms with Crippen LogP contribution in [0.2, 0.25) is 0 Å². The first-order chi connectivity index (χ1) is 12.1. The van der Waals surface area contributed by atoms with Gasteiger partial charge in [-0.1, -0.05) is 0 Å². The Hall–Kier alpha value is -1.40. The van der Waals surface area contributed by atoms with Gasteiger partial charge in [0.25, 0.3) is 0 Å². The lowest BCUT2D eigenvalue weighted by Gasteiger charge is -2.30. The van der Waals surface area contributed by atoms with Crippen molar-refractivity contribution in [3.63, 3.8) is 0 Å². The first kappa shape index (κ1) is 17.0. The Balaban J connectivity index is 1.40. The second-order valence-corrected chi connectivity index (χ2v) is 7.95. The monoisotopic (exact) mass is 348 g/mol. The van der Waals surface area contributed by atoms with E-state index >= 15 is 0 Å². The maximum Gasteiger partial charge on any atom is 0.356 e. The Morgan fingerprint density at radius 2 is 2.20 bits per heavy atom. The van der Waals surface area contributed by atoms with Crippen molar-refractivity contribution in [1.29, 1.82) is 0 Å². The van der Waals surface area contributed by atoms with Crippen molar-refractivity contribution < 1.29 is 19.0 Å². The van der Waals surface area contributed by atoms with Crippen LogP contribution in [0.25, 0.3) is 0 Å². The van der Waals surface area contributed by atoms with Crippen LogP contribution in [-0.4, -0.2) is 42.3 Å². The van der Waals surface area contributed by atoms with Crippen molar-refractivity contribution in [3.8, 4) is 0 Å². The number of carbonyl (C=O) groups excluding carboxylic acids is 1. The molecular weight excluding hydrogens is 320 g/mol. The molecule has 2 bridgehead atoms. The summed E-state index contributed by atoms with van der Waals surface area (Å²) in [6.07, 6.45) is 9.02. The number of carbonyl (C=O) groups is 1. The first-order valence-corrected chi connectivity index (χ1v) is 9.61. The highest BCUT2D eigenvalue weighted by Crippen LogP contribution is 2.62. The minimum Gasteiger partial charge on any atom is -0.461 e. The maximum absolute atomic E-state index is 11.9. The molecule has 1 aliphatic heterocycles. The molecule has 6 nitrogen and oxygen atoms in total. The summed E-state index contributed by atoms with van der Waals surface area (Å²) in [5, 5.41) is 7.33. The highest BCUT2D eigenvalue weighted by Gasteiger charge is 2.56. The van der Waals surface area contributed by atoms with Crippen LogP contribution in [-0.2, 0) is 19.6 Å². The molecule has 2 heterocycles. The standard InChI is InChI=1S/C19H28N2O4/c1-2-23-17(22)14-11-15(21-20-14)19-8-6-18(12-19,7-9-19)13-25-16-5-3-4-10-24-16/h11,16H,2-10,12-13H2,1H3,(H,20,21). The molecule has 25 heavy (non-hydrogen) atoms. The van der Waals surface area contributed by atoms with Gasteiger partial charge < -0.3 is 14.2 Å². The molecule has 1 aromatic heterocycles. The molecule has 138 valence electrons. The first-order valence-electron chi connectivity index (χ1n) is 9.61. The van der Waals surface area contributed by atoms with Gasteiger partial charge in [-0.3, -0.25) is 5.10 Å².